The van der Waals surface area contributed by atoms with E-state index in [1.807, 2.05) is 12.1 Å². The number of nitrogens with two attached hydrogens (primary N) is 1. The van der Waals surface area contributed by atoms with Crippen molar-refractivity contribution in [1.29, 1.82) is 0 Å². The van der Waals surface area contributed by atoms with Crippen LogP contribution < -0.4 is 5.73 Å². The molecule has 1 aliphatic heterocycles. The number of nitrogen functional groups attached to an aromatic ring is 1. The van der Waals surface area contributed by atoms with Gasteiger partial charge in [0.05, 0.1) is 6.42 Å². The van der Waals surface area contributed by atoms with Gasteiger partial charge in [0.25, 0.3) is 5.91 Å². The molecule has 3 rings (SSSR count). The van der Waals surface area contributed by atoms with Crippen LogP contribution in [0.2, 0.25) is 5.02 Å². The van der Waals surface area contributed by atoms with Crippen LogP contribution in [-0.4, -0.2) is 47.8 Å². The highest BCUT2D eigenvalue weighted by Gasteiger charge is 2.24. The Morgan fingerprint density at radius 3 is 2.24 bits per heavy atom. The molecule has 0 aliphatic carbocycles. The van der Waals surface area contributed by atoms with Gasteiger partial charge in [-0.25, -0.2) is 0 Å². The zero-order valence-corrected chi connectivity index (χ0v) is 14.6. The average molecular weight is 358 g/mol. The van der Waals surface area contributed by atoms with Crippen molar-refractivity contribution >= 4 is 29.1 Å². The van der Waals surface area contributed by atoms with Gasteiger partial charge in [-0.3, -0.25) is 9.59 Å². The van der Waals surface area contributed by atoms with Crippen LogP contribution in [0.25, 0.3) is 0 Å². The van der Waals surface area contributed by atoms with E-state index in [2.05, 4.69) is 0 Å². The fourth-order valence-electron chi connectivity index (χ4n) is 2.88. The topological polar surface area (TPSA) is 66.6 Å². The maximum Gasteiger partial charge on any atom is 0.254 e. The lowest BCUT2D eigenvalue weighted by atomic mass is 10.1. The van der Waals surface area contributed by atoms with Crippen LogP contribution in [-0.2, 0) is 11.2 Å². The normalized spacial score (nSPS) is 14.4. The highest BCUT2D eigenvalue weighted by molar-refractivity contribution is 6.30. The van der Waals surface area contributed by atoms with E-state index in [0.717, 1.165) is 5.56 Å². The first kappa shape index (κ1) is 17.3. The van der Waals surface area contributed by atoms with Crippen molar-refractivity contribution in [2.45, 2.75) is 6.42 Å². The zero-order valence-electron chi connectivity index (χ0n) is 13.8. The molecule has 0 aromatic heterocycles. The molecule has 0 spiro atoms. The number of halogens is 1. The fraction of sp³-hybridized carbons (Fsp3) is 0.263. The minimum atomic E-state index is -0.0480. The SMILES string of the molecule is Nc1ccc(CC(=O)N2CCN(C(=O)c3cccc(Cl)c3)CC2)cc1. The number of anilines is 1. The molecular weight excluding hydrogens is 338 g/mol. The van der Waals surface area contributed by atoms with Crippen molar-refractivity contribution in [1.82, 2.24) is 9.80 Å². The summed E-state index contributed by atoms with van der Waals surface area (Å²) in [5.41, 5.74) is 7.86. The van der Waals surface area contributed by atoms with E-state index in [1.165, 1.54) is 0 Å². The quantitative estimate of drug-likeness (QED) is 0.858. The molecule has 1 fully saturated rings. The molecule has 0 bridgehead atoms. The first-order valence-corrected chi connectivity index (χ1v) is 8.58. The van der Waals surface area contributed by atoms with Crippen molar-refractivity contribution in [3.63, 3.8) is 0 Å². The van der Waals surface area contributed by atoms with Crippen LogP contribution in [0.15, 0.2) is 48.5 Å². The minimum Gasteiger partial charge on any atom is -0.399 e. The van der Waals surface area contributed by atoms with Crippen molar-refractivity contribution < 1.29 is 9.59 Å². The van der Waals surface area contributed by atoms with E-state index < -0.39 is 0 Å². The lowest BCUT2D eigenvalue weighted by Crippen LogP contribution is -2.51. The molecular formula is C19H20ClN3O2. The summed E-state index contributed by atoms with van der Waals surface area (Å²) in [6, 6.07) is 14.3. The summed E-state index contributed by atoms with van der Waals surface area (Å²) in [5, 5.41) is 0.545. The largest absolute Gasteiger partial charge is 0.399 e. The van der Waals surface area contributed by atoms with Crippen molar-refractivity contribution in [2.75, 3.05) is 31.9 Å². The first-order chi connectivity index (χ1) is 12.0. The minimum absolute atomic E-state index is 0.0480. The summed E-state index contributed by atoms with van der Waals surface area (Å²) in [5.74, 6) is 0.0211. The third-order valence-electron chi connectivity index (χ3n) is 4.33. The molecule has 25 heavy (non-hydrogen) atoms. The summed E-state index contributed by atoms with van der Waals surface area (Å²) < 4.78 is 0. The van der Waals surface area contributed by atoms with Gasteiger partial charge in [0.1, 0.15) is 0 Å². The van der Waals surface area contributed by atoms with Crippen LogP contribution in [0.5, 0.6) is 0 Å². The van der Waals surface area contributed by atoms with Crippen LogP contribution in [0.4, 0.5) is 5.69 Å². The second-order valence-electron chi connectivity index (χ2n) is 6.10. The van der Waals surface area contributed by atoms with Gasteiger partial charge in [-0.1, -0.05) is 29.8 Å². The molecule has 130 valence electrons. The highest BCUT2D eigenvalue weighted by Crippen LogP contribution is 2.15. The summed E-state index contributed by atoms with van der Waals surface area (Å²) in [6.07, 6.45) is 0.350. The number of carbonyl (C=O) groups is 2. The zero-order chi connectivity index (χ0) is 17.8. The average Bonchev–Trinajstić information content (AvgIpc) is 2.63. The predicted octanol–water partition coefficient (Wildman–Crippen LogP) is 2.45. The van der Waals surface area contributed by atoms with E-state index in [4.69, 9.17) is 17.3 Å². The maximum atomic E-state index is 12.5. The Bertz CT molecular complexity index is 768. The van der Waals surface area contributed by atoms with Crippen LogP contribution in [0, 0.1) is 0 Å². The second kappa shape index (κ2) is 7.57. The van der Waals surface area contributed by atoms with Gasteiger partial charge < -0.3 is 15.5 Å². The Balaban J connectivity index is 1.55. The number of carbonyl (C=O) groups excluding carboxylic acids is 2. The fourth-order valence-corrected chi connectivity index (χ4v) is 3.08. The number of hydrogen-bond acceptors (Lipinski definition) is 3. The summed E-state index contributed by atoms with van der Waals surface area (Å²) >= 11 is 5.95. The first-order valence-electron chi connectivity index (χ1n) is 8.20. The van der Waals surface area contributed by atoms with Crippen molar-refractivity contribution in [3.8, 4) is 0 Å². The molecule has 2 amide bonds. The molecule has 1 heterocycles. The number of rotatable bonds is 3. The second-order valence-corrected chi connectivity index (χ2v) is 6.54. The molecule has 5 nitrogen and oxygen atoms in total. The Kier molecular flexibility index (Phi) is 5.24. The lowest BCUT2D eigenvalue weighted by molar-refractivity contribution is -0.131. The summed E-state index contributed by atoms with van der Waals surface area (Å²) in [7, 11) is 0. The monoisotopic (exact) mass is 357 g/mol. The highest BCUT2D eigenvalue weighted by atomic mass is 35.5. The molecule has 2 aromatic carbocycles. The van der Waals surface area contributed by atoms with E-state index in [-0.39, 0.29) is 11.8 Å². The molecule has 2 N–H and O–H groups in total. The van der Waals surface area contributed by atoms with E-state index in [0.29, 0.717) is 48.9 Å². The van der Waals surface area contributed by atoms with Gasteiger partial charge in [-0.05, 0) is 35.9 Å². The summed E-state index contributed by atoms with van der Waals surface area (Å²) in [6.45, 7) is 2.14. The van der Waals surface area contributed by atoms with Gasteiger partial charge in [0.15, 0.2) is 0 Å². The number of hydrogen-bond donors (Lipinski definition) is 1. The van der Waals surface area contributed by atoms with Gasteiger partial charge in [0.2, 0.25) is 5.91 Å². The third-order valence-corrected chi connectivity index (χ3v) is 4.56. The van der Waals surface area contributed by atoms with Gasteiger partial charge in [-0.2, -0.15) is 0 Å². The molecule has 0 saturated carbocycles. The van der Waals surface area contributed by atoms with Gasteiger partial charge >= 0.3 is 0 Å². The van der Waals surface area contributed by atoms with Crippen molar-refractivity contribution in [3.05, 3.63) is 64.7 Å². The van der Waals surface area contributed by atoms with E-state index in [9.17, 15) is 9.59 Å². The molecule has 1 saturated heterocycles. The Hall–Kier alpha value is -2.53. The van der Waals surface area contributed by atoms with Gasteiger partial charge in [0, 0.05) is 42.5 Å². The maximum absolute atomic E-state index is 12.5. The van der Waals surface area contributed by atoms with E-state index >= 15 is 0 Å². The standard InChI is InChI=1S/C19H20ClN3O2/c20-16-3-1-2-15(13-16)19(25)23-10-8-22(9-11-23)18(24)12-14-4-6-17(21)7-5-14/h1-7,13H,8-12,21H2. The molecule has 0 atom stereocenters. The molecule has 0 radical (unpaired) electrons. The van der Waals surface area contributed by atoms with Crippen LogP contribution in [0.3, 0.4) is 0 Å². The smallest absolute Gasteiger partial charge is 0.254 e. The van der Waals surface area contributed by atoms with Crippen molar-refractivity contribution in [2.24, 2.45) is 0 Å². The summed E-state index contributed by atoms with van der Waals surface area (Å²) in [4.78, 5) is 28.5. The Morgan fingerprint density at radius 2 is 1.60 bits per heavy atom. The lowest BCUT2D eigenvalue weighted by Gasteiger charge is -2.35. The number of benzene rings is 2. The Morgan fingerprint density at radius 1 is 0.960 bits per heavy atom. The van der Waals surface area contributed by atoms with E-state index in [1.54, 1.807) is 46.2 Å². The number of amides is 2. The predicted molar refractivity (Wildman–Crippen MR) is 98.5 cm³/mol. The molecule has 2 aromatic rings. The van der Waals surface area contributed by atoms with Crippen LogP contribution >= 0.6 is 11.6 Å². The number of piperazine rings is 1. The third kappa shape index (κ3) is 4.31. The molecule has 1 aliphatic rings. The molecule has 0 unspecified atom stereocenters. The Labute approximate surface area is 152 Å². The van der Waals surface area contributed by atoms with Crippen LogP contribution in [0.1, 0.15) is 15.9 Å². The van der Waals surface area contributed by atoms with Gasteiger partial charge in [-0.15, -0.1) is 0 Å². The molecule has 6 heteroatoms. The number of nitrogens with zero attached hydrogens (tertiary/aromatic N) is 2.